The number of anilines is 2. The topological polar surface area (TPSA) is 88.2 Å². The van der Waals surface area contributed by atoms with Crippen LogP contribution in [0.1, 0.15) is 10.4 Å². The maximum atomic E-state index is 14.5. The third-order valence-corrected chi connectivity index (χ3v) is 7.62. The predicted molar refractivity (Wildman–Crippen MR) is 153 cm³/mol. The molecule has 2 aromatic heterocycles. The highest BCUT2D eigenvalue weighted by Crippen LogP contribution is 2.35. The second kappa shape index (κ2) is 10.1. The molecule has 10 heteroatoms. The van der Waals surface area contributed by atoms with E-state index in [1.807, 2.05) is 24.3 Å². The summed E-state index contributed by atoms with van der Waals surface area (Å²) in [5.41, 5.74) is 4.32. The molecule has 39 heavy (non-hydrogen) atoms. The van der Waals surface area contributed by atoms with Crippen LogP contribution >= 0.6 is 34.5 Å². The van der Waals surface area contributed by atoms with Gasteiger partial charge in [0.2, 0.25) is 0 Å². The molecule has 4 aromatic carbocycles. The van der Waals surface area contributed by atoms with Gasteiger partial charge in [0.1, 0.15) is 15.2 Å². The lowest BCUT2D eigenvalue weighted by atomic mass is 9.98. The average molecular weight is 576 g/mol. The lowest BCUT2D eigenvalue weighted by Crippen LogP contribution is -2.01. The first-order chi connectivity index (χ1) is 18.9. The van der Waals surface area contributed by atoms with Crippen molar-refractivity contribution in [1.82, 2.24) is 10.1 Å². The van der Waals surface area contributed by atoms with Gasteiger partial charge >= 0.3 is 5.97 Å². The second-order valence-electron chi connectivity index (χ2n) is 8.58. The third kappa shape index (κ3) is 4.85. The van der Waals surface area contributed by atoms with Gasteiger partial charge < -0.3 is 14.9 Å². The zero-order chi connectivity index (χ0) is 27.1. The number of benzene rings is 4. The van der Waals surface area contributed by atoms with Crippen LogP contribution in [0, 0.1) is 5.82 Å². The lowest BCUT2D eigenvalue weighted by Gasteiger charge is -2.11. The standard InChI is InChI=1S/C29H16Cl2FN3O3S/c30-23-3-1-2-19(26(23)32)17-8-10-21-24(12-17)38-35-27(21)34-18-9-11-20(29(36)37)22(13-18)15-4-6-16(7-5-15)28-33-14-25(31)39-28/h1-14H,(H,34,35)(H,36,37). The fourth-order valence-electron chi connectivity index (χ4n) is 4.29. The molecule has 2 N–H and O–H groups in total. The van der Waals surface area contributed by atoms with E-state index >= 15 is 0 Å². The van der Waals surface area contributed by atoms with Crippen molar-refractivity contribution >= 4 is 63.0 Å². The Morgan fingerprint density at radius 3 is 2.44 bits per heavy atom. The van der Waals surface area contributed by atoms with E-state index in [-0.39, 0.29) is 10.6 Å². The summed E-state index contributed by atoms with van der Waals surface area (Å²) in [6.07, 6.45) is 1.59. The van der Waals surface area contributed by atoms with Crippen LogP contribution < -0.4 is 5.32 Å². The fraction of sp³-hybridized carbons (Fsp3) is 0. The fourth-order valence-corrected chi connectivity index (χ4v) is 5.38. The summed E-state index contributed by atoms with van der Waals surface area (Å²) in [5, 5.41) is 18.6. The first-order valence-electron chi connectivity index (χ1n) is 11.6. The largest absolute Gasteiger partial charge is 0.478 e. The predicted octanol–water partition coefficient (Wildman–Crippen LogP) is 9.17. The minimum absolute atomic E-state index is 0.0374. The summed E-state index contributed by atoms with van der Waals surface area (Å²) in [6, 6.07) is 22.4. The van der Waals surface area contributed by atoms with Crippen molar-refractivity contribution in [2.45, 2.75) is 0 Å². The molecule has 0 aliphatic heterocycles. The van der Waals surface area contributed by atoms with Gasteiger partial charge in [-0.15, -0.1) is 11.3 Å². The van der Waals surface area contributed by atoms with E-state index in [1.54, 1.807) is 48.7 Å². The molecule has 6 aromatic rings. The molecule has 0 amide bonds. The Kier molecular flexibility index (Phi) is 6.52. The number of nitrogens with zero attached hydrogens (tertiary/aromatic N) is 2. The Balaban J connectivity index is 1.32. The Labute approximate surface area is 235 Å². The Bertz CT molecular complexity index is 1870. The van der Waals surface area contributed by atoms with E-state index < -0.39 is 11.8 Å². The maximum Gasteiger partial charge on any atom is 0.336 e. The first-order valence-corrected chi connectivity index (χ1v) is 13.1. The lowest BCUT2D eigenvalue weighted by molar-refractivity contribution is 0.0697. The van der Waals surface area contributed by atoms with Crippen molar-refractivity contribution in [3.8, 4) is 32.8 Å². The number of carbonyl (C=O) groups is 1. The van der Waals surface area contributed by atoms with Gasteiger partial charge in [0.25, 0.3) is 0 Å². The highest BCUT2D eigenvalue weighted by molar-refractivity contribution is 7.18. The van der Waals surface area contributed by atoms with Gasteiger partial charge in [0.05, 0.1) is 22.2 Å². The summed E-state index contributed by atoms with van der Waals surface area (Å²) < 4.78 is 20.6. The third-order valence-electron chi connectivity index (χ3n) is 6.17. The summed E-state index contributed by atoms with van der Waals surface area (Å²) >= 11 is 13.3. The molecule has 0 saturated carbocycles. The van der Waals surface area contributed by atoms with Gasteiger partial charge in [0.15, 0.2) is 11.4 Å². The number of carboxylic acids is 1. The molecule has 0 saturated heterocycles. The van der Waals surface area contributed by atoms with Crippen molar-refractivity contribution in [3.05, 3.63) is 106 Å². The van der Waals surface area contributed by atoms with Crippen LogP contribution in [0.25, 0.3) is 43.8 Å². The molecule has 2 heterocycles. The number of halogens is 3. The van der Waals surface area contributed by atoms with Crippen molar-refractivity contribution in [1.29, 1.82) is 0 Å². The van der Waals surface area contributed by atoms with E-state index in [1.165, 1.54) is 23.5 Å². The SMILES string of the molecule is O=C(O)c1ccc(Nc2noc3cc(-c4cccc(Cl)c4F)ccc23)cc1-c1ccc(-c2ncc(Cl)s2)cc1. The Morgan fingerprint density at radius 2 is 1.69 bits per heavy atom. The molecule has 6 rings (SSSR count). The average Bonchev–Trinajstić information content (AvgIpc) is 3.56. The van der Waals surface area contributed by atoms with Gasteiger partial charge in [0, 0.05) is 16.8 Å². The van der Waals surface area contributed by atoms with E-state index in [9.17, 15) is 14.3 Å². The van der Waals surface area contributed by atoms with Gasteiger partial charge in [-0.25, -0.2) is 14.2 Å². The molecule has 0 fully saturated rings. The Morgan fingerprint density at radius 1 is 0.923 bits per heavy atom. The van der Waals surface area contributed by atoms with Crippen LogP contribution in [-0.2, 0) is 0 Å². The zero-order valence-corrected chi connectivity index (χ0v) is 22.1. The molecule has 0 unspecified atom stereocenters. The number of hydrogen-bond acceptors (Lipinski definition) is 6. The second-order valence-corrected chi connectivity index (χ2v) is 10.7. The number of rotatable bonds is 6. The molecule has 6 nitrogen and oxygen atoms in total. The summed E-state index contributed by atoms with van der Waals surface area (Å²) in [5.74, 6) is -1.11. The smallest absolute Gasteiger partial charge is 0.336 e. The van der Waals surface area contributed by atoms with E-state index in [4.69, 9.17) is 27.7 Å². The number of carboxylic acid groups (broad SMARTS) is 1. The van der Waals surface area contributed by atoms with Crippen LogP contribution in [0.5, 0.6) is 0 Å². The van der Waals surface area contributed by atoms with E-state index in [2.05, 4.69) is 15.5 Å². The number of fused-ring (bicyclic) bond motifs is 1. The highest BCUT2D eigenvalue weighted by atomic mass is 35.5. The van der Waals surface area contributed by atoms with Crippen molar-refractivity contribution in [3.63, 3.8) is 0 Å². The molecular formula is C29H16Cl2FN3O3S. The van der Waals surface area contributed by atoms with Crippen molar-refractivity contribution in [2.75, 3.05) is 5.32 Å². The summed E-state index contributed by atoms with van der Waals surface area (Å²) in [7, 11) is 0. The summed E-state index contributed by atoms with van der Waals surface area (Å²) in [6.45, 7) is 0. The van der Waals surface area contributed by atoms with E-state index in [0.29, 0.717) is 43.5 Å². The summed E-state index contributed by atoms with van der Waals surface area (Å²) in [4.78, 5) is 16.3. The minimum atomic E-state index is -1.04. The van der Waals surface area contributed by atoms with Crippen LogP contribution in [0.3, 0.4) is 0 Å². The number of thiazole rings is 1. The number of aromatic nitrogens is 2. The molecule has 0 bridgehead atoms. The van der Waals surface area contributed by atoms with Crippen LogP contribution in [-0.4, -0.2) is 21.2 Å². The number of hydrogen-bond donors (Lipinski definition) is 2. The van der Waals surface area contributed by atoms with Crippen molar-refractivity contribution in [2.24, 2.45) is 0 Å². The molecule has 0 aliphatic rings. The number of nitrogens with one attached hydrogen (secondary N) is 1. The normalized spacial score (nSPS) is 11.2. The van der Waals surface area contributed by atoms with Crippen LogP contribution in [0.2, 0.25) is 9.36 Å². The van der Waals surface area contributed by atoms with Crippen LogP contribution in [0.4, 0.5) is 15.9 Å². The van der Waals surface area contributed by atoms with Gasteiger partial charge in [-0.05, 0) is 53.1 Å². The van der Waals surface area contributed by atoms with Gasteiger partial charge in [-0.3, -0.25) is 0 Å². The zero-order valence-electron chi connectivity index (χ0n) is 19.8. The molecular weight excluding hydrogens is 560 g/mol. The number of aromatic carboxylic acids is 1. The highest BCUT2D eigenvalue weighted by Gasteiger charge is 2.16. The quantitative estimate of drug-likeness (QED) is 0.206. The Hall–Kier alpha value is -4.24. The first kappa shape index (κ1) is 25.1. The van der Waals surface area contributed by atoms with E-state index in [0.717, 1.165) is 16.1 Å². The van der Waals surface area contributed by atoms with Gasteiger partial charge in [-0.2, -0.15) is 0 Å². The molecule has 0 atom stereocenters. The van der Waals surface area contributed by atoms with Gasteiger partial charge in [-0.1, -0.05) is 70.8 Å². The van der Waals surface area contributed by atoms with Crippen molar-refractivity contribution < 1.29 is 18.8 Å². The minimum Gasteiger partial charge on any atom is -0.478 e. The molecule has 0 radical (unpaired) electrons. The molecule has 0 spiro atoms. The monoisotopic (exact) mass is 575 g/mol. The molecule has 0 aliphatic carbocycles. The van der Waals surface area contributed by atoms with Crippen LogP contribution in [0.15, 0.2) is 89.6 Å². The molecule has 192 valence electrons. The maximum absolute atomic E-state index is 14.5.